The van der Waals surface area contributed by atoms with Gasteiger partial charge in [0.25, 0.3) is 11.2 Å². The van der Waals surface area contributed by atoms with Crippen molar-refractivity contribution in [2.45, 2.75) is 26.4 Å². The van der Waals surface area contributed by atoms with E-state index in [2.05, 4.69) is 10.4 Å². The number of nitrogens with zero attached hydrogens (tertiary/aromatic N) is 3. The standard InChI is InChI=1S/C25H22N4O5/c1-25(2,3)34-24(31)26-17-13-14-20(21(15-17)29(32)33)28-23(30)19-12-8-7-11-18(19)22(27-28)16-9-5-4-6-10-16/h4-15H,1-3H3,(H,26,31). The van der Waals surface area contributed by atoms with Crippen molar-refractivity contribution in [1.29, 1.82) is 0 Å². The molecule has 3 aromatic carbocycles. The van der Waals surface area contributed by atoms with Crippen molar-refractivity contribution in [2.75, 3.05) is 5.32 Å². The number of carbonyl (C=O) groups is 1. The molecule has 0 fully saturated rings. The van der Waals surface area contributed by atoms with Gasteiger partial charge in [-0.25, -0.2) is 4.79 Å². The number of benzene rings is 3. The minimum Gasteiger partial charge on any atom is -0.444 e. The average Bonchev–Trinajstić information content (AvgIpc) is 2.79. The first-order valence-electron chi connectivity index (χ1n) is 10.5. The van der Waals surface area contributed by atoms with Crippen molar-refractivity contribution in [3.8, 4) is 16.9 Å². The first kappa shape index (κ1) is 22.7. The molecule has 4 aromatic rings. The van der Waals surface area contributed by atoms with E-state index in [1.807, 2.05) is 30.3 Å². The number of ether oxygens (including phenoxy) is 1. The lowest BCUT2D eigenvalue weighted by molar-refractivity contribution is -0.384. The van der Waals surface area contributed by atoms with Crippen LogP contribution in [0.25, 0.3) is 27.7 Å². The maximum Gasteiger partial charge on any atom is 0.412 e. The molecule has 9 nitrogen and oxygen atoms in total. The lowest BCUT2D eigenvalue weighted by atomic mass is 10.1. The van der Waals surface area contributed by atoms with Crippen molar-refractivity contribution in [3.05, 3.63) is 93.3 Å². The van der Waals surface area contributed by atoms with Gasteiger partial charge in [-0.05, 0) is 39.0 Å². The molecule has 34 heavy (non-hydrogen) atoms. The van der Waals surface area contributed by atoms with Crippen LogP contribution in [-0.2, 0) is 4.74 Å². The van der Waals surface area contributed by atoms with Gasteiger partial charge in [0.1, 0.15) is 11.3 Å². The van der Waals surface area contributed by atoms with Crippen LogP contribution in [-0.4, -0.2) is 26.4 Å². The van der Waals surface area contributed by atoms with Crippen molar-refractivity contribution in [1.82, 2.24) is 9.78 Å². The van der Waals surface area contributed by atoms with Gasteiger partial charge in [-0.1, -0.05) is 48.5 Å². The zero-order valence-corrected chi connectivity index (χ0v) is 18.8. The van der Waals surface area contributed by atoms with E-state index in [1.165, 1.54) is 18.2 Å². The Balaban J connectivity index is 1.87. The van der Waals surface area contributed by atoms with Crippen LogP contribution in [0.1, 0.15) is 20.8 Å². The number of hydrogen-bond donors (Lipinski definition) is 1. The summed E-state index contributed by atoms with van der Waals surface area (Å²) in [6.07, 6.45) is -0.748. The van der Waals surface area contributed by atoms with Crippen LogP contribution in [0.2, 0.25) is 0 Å². The second-order valence-corrected chi connectivity index (χ2v) is 8.56. The Morgan fingerprint density at radius 1 is 1.00 bits per heavy atom. The number of rotatable bonds is 4. The molecule has 1 heterocycles. The summed E-state index contributed by atoms with van der Waals surface area (Å²) in [7, 11) is 0. The Labute approximate surface area is 194 Å². The zero-order valence-electron chi connectivity index (χ0n) is 18.8. The fourth-order valence-electron chi connectivity index (χ4n) is 3.51. The van der Waals surface area contributed by atoms with E-state index in [1.54, 1.807) is 45.0 Å². The largest absolute Gasteiger partial charge is 0.444 e. The quantitative estimate of drug-likeness (QED) is 0.327. The lowest BCUT2D eigenvalue weighted by Gasteiger charge is -2.19. The summed E-state index contributed by atoms with van der Waals surface area (Å²) in [4.78, 5) is 36.7. The minimum absolute atomic E-state index is 0.0207. The number of amides is 1. The van der Waals surface area contributed by atoms with Gasteiger partial charge in [0.15, 0.2) is 0 Å². The molecule has 0 aliphatic heterocycles. The van der Waals surface area contributed by atoms with Gasteiger partial charge >= 0.3 is 6.09 Å². The highest BCUT2D eigenvalue weighted by molar-refractivity contribution is 5.94. The molecule has 0 bridgehead atoms. The fraction of sp³-hybridized carbons (Fsp3) is 0.160. The van der Waals surface area contributed by atoms with Crippen LogP contribution in [0.5, 0.6) is 0 Å². The normalized spacial score (nSPS) is 11.3. The van der Waals surface area contributed by atoms with E-state index in [0.717, 1.165) is 10.2 Å². The molecule has 0 saturated heterocycles. The van der Waals surface area contributed by atoms with Gasteiger partial charge in [0.05, 0.1) is 21.7 Å². The summed E-state index contributed by atoms with van der Waals surface area (Å²) < 4.78 is 6.23. The number of carbonyl (C=O) groups excluding carboxylic acids is 1. The maximum absolute atomic E-state index is 13.3. The molecule has 9 heteroatoms. The molecule has 0 radical (unpaired) electrons. The van der Waals surface area contributed by atoms with E-state index in [0.29, 0.717) is 16.5 Å². The molecule has 0 atom stereocenters. The van der Waals surface area contributed by atoms with E-state index in [9.17, 15) is 19.7 Å². The third-order valence-electron chi connectivity index (χ3n) is 4.90. The second-order valence-electron chi connectivity index (χ2n) is 8.56. The van der Waals surface area contributed by atoms with Gasteiger partial charge < -0.3 is 4.74 Å². The molecule has 0 unspecified atom stereocenters. The number of nitro groups is 1. The minimum atomic E-state index is -0.748. The SMILES string of the molecule is CC(C)(C)OC(=O)Nc1ccc(-n2nc(-c3ccccc3)c3ccccc3c2=O)c([N+](=O)[O-])c1. The molecule has 1 aromatic heterocycles. The molecule has 0 saturated carbocycles. The Hall–Kier alpha value is -4.53. The average molecular weight is 458 g/mol. The number of nitro benzene ring substituents is 1. The third kappa shape index (κ3) is 4.63. The maximum atomic E-state index is 13.3. The Kier molecular flexibility index (Phi) is 5.85. The van der Waals surface area contributed by atoms with Crippen molar-refractivity contribution in [2.24, 2.45) is 0 Å². The Bertz CT molecular complexity index is 1460. The van der Waals surface area contributed by atoms with Crippen LogP contribution in [0.4, 0.5) is 16.2 Å². The van der Waals surface area contributed by atoms with E-state index in [-0.39, 0.29) is 11.4 Å². The molecular weight excluding hydrogens is 436 g/mol. The highest BCUT2D eigenvalue weighted by Gasteiger charge is 2.23. The second kappa shape index (κ2) is 8.78. The molecule has 1 N–H and O–H groups in total. The Morgan fingerprint density at radius 3 is 2.29 bits per heavy atom. The van der Waals surface area contributed by atoms with Crippen LogP contribution >= 0.6 is 0 Å². The van der Waals surface area contributed by atoms with E-state index in [4.69, 9.17) is 4.74 Å². The molecule has 0 spiro atoms. The molecule has 1 amide bonds. The van der Waals surface area contributed by atoms with Crippen molar-refractivity contribution in [3.63, 3.8) is 0 Å². The number of aromatic nitrogens is 2. The molecular formula is C25H22N4O5. The van der Waals surface area contributed by atoms with Crippen LogP contribution in [0.3, 0.4) is 0 Å². The number of nitrogens with one attached hydrogen (secondary N) is 1. The van der Waals surface area contributed by atoms with Gasteiger partial charge in [-0.2, -0.15) is 9.78 Å². The summed E-state index contributed by atoms with van der Waals surface area (Å²) in [6.45, 7) is 5.13. The number of hydrogen-bond acceptors (Lipinski definition) is 6. The lowest BCUT2D eigenvalue weighted by Crippen LogP contribution is -2.27. The predicted molar refractivity (Wildman–Crippen MR) is 129 cm³/mol. The van der Waals surface area contributed by atoms with Gasteiger partial charge in [-0.3, -0.25) is 20.2 Å². The smallest absolute Gasteiger partial charge is 0.412 e. The van der Waals surface area contributed by atoms with Crippen molar-refractivity contribution < 1.29 is 14.5 Å². The first-order chi connectivity index (χ1) is 16.1. The summed E-state index contributed by atoms with van der Waals surface area (Å²) >= 11 is 0. The number of fused-ring (bicyclic) bond motifs is 1. The van der Waals surface area contributed by atoms with Crippen LogP contribution in [0.15, 0.2) is 77.6 Å². The summed E-state index contributed by atoms with van der Waals surface area (Å²) in [6, 6.07) is 20.3. The van der Waals surface area contributed by atoms with Gasteiger partial charge in [0, 0.05) is 17.0 Å². The zero-order chi connectivity index (χ0) is 24.5. The summed E-state index contributed by atoms with van der Waals surface area (Å²) in [5, 5.41) is 19.9. The van der Waals surface area contributed by atoms with E-state index < -0.39 is 27.9 Å². The third-order valence-corrected chi connectivity index (χ3v) is 4.90. The summed E-state index contributed by atoms with van der Waals surface area (Å²) in [5.74, 6) is 0. The first-order valence-corrected chi connectivity index (χ1v) is 10.5. The molecule has 172 valence electrons. The van der Waals surface area contributed by atoms with E-state index >= 15 is 0 Å². The van der Waals surface area contributed by atoms with Crippen molar-refractivity contribution >= 4 is 28.2 Å². The monoisotopic (exact) mass is 458 g/mol. The highest BCUT2D eigenvalue weighted by Crippen LogP contribution is 2.29. The Morgan fingerprint density at radius 2 is 1.65 bits per heavy atom. The van der Waals surface area contributed by atoms with Gasteiger partial charge in [-0.15, -0.1) is 0 Å². The highest BCUT2D eigenvalue weighted by atomic mass is 16.6. The fourth-order valence-corrected chi connectivity index (χ4v) is 3.51. The topological polar surface area (TPSA) is 116 Å². The van der Waals surface area contributed by atoms with Crippen LogP contribution in [0, 0.1) is 10.1 Å². The van der Waals surface area contributed by atoms with Gasteiger partial charge in [0.2, 0.25) is 0 Å². The summed E-state index contributed by atoms with van der Waals surface area (Å²) in [5.41, 5.74) is -0.205. The van der Waals surface area contributed by atoms with Crippen LogP contribution < -0.4 is 10.9 Å². The molecule has 4 rings (SSSR count). The molecule has 0 aliphatic rings. The molecule has 0 aliphatic carbocycles. The number of anilines is 1. The predicted octanol–water partition coefficient (Wildman–Crippen LogP) is 5.31.